The molecule has 1 aromatic rings. The van der Waals surface area contributed by atoms with Crippen LogP contribution >= 0.6 is 0 Å². The van der Waals surface area contributed by atoms with Crippen molar-refractivity contribution in [2.75, 3.05) is 0 Å². The van der Waals surface area contributed by atoms with E-state index in [4.69, 9.17) is 5.73 Å². The first kappa shape index (κ1) is 11.7. The Balaban J connectivity index is 1.88. The van der Waals surface area contributed by atoms with E-state index in [0.717, 1.165) is 5.92 Å². The van der Waals surface area contributed by atoms with Gasteiger partial charge in [-0.2, -0.15) is 0 Å². The fourth-order valence-corrected chi connectivity index (χ4v) is 2.80. The smallest absolute Gasteiger partial charge is 0.0297 e. The molecule has 2 N–H and O–H groups in total. The Morgan fingerprint density at radius 2 is 1.62 bits per heavy atom. The van der Waals surface area contributed by atoms with Crippen molar-refractivity contribution in [3.05, 3.63) is 35.9 Å². The van der Waals surface area contributed by atoms with Crippen molar-refractivity contribution in [2.45, 2.75) is 51.0 Å². The fourth-order valence-electron chi connectivity index (χ4n) is 2.80. The first-order chi connectivity index (χ1) is 7.86. The minimum atomic E-state index is 0.240. The SMILES string of the molecule is NC(CC1CCCCCC1)c1ccccc1. The van der Waals surface area contributed by atoms with Crippen LogP contribution in [0.2, 0.25) is 0 Å². The van der Waals surface area contributed by atoms with Crippen LogP contribution in [-0.2, 0) is 0 Å². The van der Waals surface area contributed by atoms with Gasteiger partial charge in [0.05, 0.1) is 0 Å². The standard InChI is InChI=1S/C15H23N/c16-15(14-10-6-3-7-11-14)12-13-8-4-1-2-5-9-13/h3,6-7,10-11,13,15H,1-2,4-5,8-9,12,16H2. The highest BCUT2D eigenvalue weighted by atomic mass is 14.6. The summed E-state index contributed by atoms with van der Waals surface area (Å²) in [6, 6.07) is 10.8. The summed E-state index contributed by atoms with van der Waals surface area (Å²) in [4.78, 5) is 0. The third kappa shape index (κ3) is 3.34. The van der Waals surface area contributed by atoms with E-state index in [-0.39, 0.29) is 6.04 Å². The van der Waals surface area contributed by atoms with Crippen LogP contribution < -0.4 is 5.73 Å². The molecule has 1 nitrogen and oxygen atoms in total. The van der Waals surface area contributed by atoms with Crippen LogP contribution in [-0.4, -0.2) is 0 Å². The molecule has 88 valence electrons. The van der Waals surface area contributed by atoms with E-state index in [2.05, 4.69) is 30.3 Å². The maximum atomic E-state index is 6.28. The van der Waals surface area contributed by atoms with E-state index in [0.29, 0.717) is 0 Å². The summed E-state index contributed by atoms with van der Waals surface area (Å²) in [6.07, 6.45) is 9.62. The number of nitrogens with two attached hydrogens (primary N) is 1. The van der Waals surface area contributed by atoms with Gasteiger partial charge >= 0.3 is 0 Å². The van der Waals surface area contributed by atoms with Gasteiger partial charge in [0.1, 0.15) is 0 Å². The average molecular weight is 217 g/mol. The van der Waals surface area contributed by atoms with Crippen molar-refractivity contribution in [1.82, 2.24) is 0 Å². The zero-order valence-electron chi connectivity index (χ0n) is 10.1. The molecular weight excluding hydrogens is 194 g/mol. The first-order valence-electron chi connectivity index (χ1n) is 6.67. The Hall–Kier alpha value is -0.820. The molecule has 1 saturated carbocycles. The van der Waals surface area contributed by atoms with E-state index >= 15 is 0 Å². The lowest BCUT2D eigenvalue weighted by atomic mass is 9.90. The third-order valence-electron chi connectivity index (χ3n) is 3.79. The Labute approximate surface area is 99.0 Å². The van der Waals surface area contributed by atoms with Crippen molar-refractivity contribution >= 4 is 0 Å². The van der Waals surface area contributed by atoms with Gasteiger partial charge in [-0.1, -0.05) is 68.9 Å². The Bertz CT molecular complexity index is 286. The molecular formula is C15H23N. The molecule has 0 aromatic heterocycles. The molecule has 1 heteroatoms. The highest BCUT2D eigenvalue weighted by Crippen LogP contribution is 2.29. The molecule has 1 fully saturated rings. The van der Waals surface area contributed by atoms with Crippen LogP contribution in [0.4, 0.5) is 0 Å². The zero-order chi connectivity index (χ0) is 11.2. The lowest BCUT2D eigenvalue weighted by Crippen LogP contribution is -2.15. The fraction of sp³-hybridized carbons (Fsp3) is 0.600. The predicted octanol–water partition coefficient (Wildman–Crippen LogP) is 4.05. The lowest BCUT2D eigenvalue weighted by Gasteiger charge is -2.19. The minimum absolute atomic E-state index is 0.240. The summed E-state index contributed by atoms with van der Waals surface area (Å²) in [5.74, 6) is 0.859. The molecule has 0 heterocycles. The molecule has 1 aromatic carbocycles. The van der Waals surface area contributed by atoms with Crippen LogP contribution in [0.3, 0.4) is 0 Å². The number of benzene rings is 1. The van der Waals surface area contributed by atoms with E-state index in [1.807, 2.05) is 0 Å². The Kier molecular flexibility index (Phi) is 4.41. The highest BCUT2D eigenvalue weighted by Gasteiger charge is 2.16. The predicted molar refractivity (Wildman–Crippen MR) is 69.2 cm³/mol. The topological polar surface area (TPSA) is 26.0 Å². The van der Waals surface area contributed by atoms with Crippen LogP contribution in [0.25, 0.3) is 0 Å². The van der Waals surface area contributed by atoms with Crippen molar-refractivity contribution in [1.29, 1.82) is 0 Å². The van der Waals surface area contributed by atoms with Gasteiger partial charge in [0.2, 0.25) is 0 Å². The molecule has 1 atom stereocenters. The second-order valence-corrected chi connectivity index (χ2v) is 5.11. The van der Waals surface area contributed by atoms with E-state index in [1.165, 1.54) is 50.5 Å². The molecule has 0 saturated heterocycles. The van der Waals surface area contributed by atoms with Crippen molar-refractivity contribution in [3.63, 3.8) is 0 Å². The summed E-state index contributed by atoms with van der Waals surface area (Å²) in [7, 11) is 0. The van der Waals surface area contributed by atoms with Gasteiger partial charge < -0.3 is 5.73 Å². The van der Waals surface area contributed by atoms with E-state index in [1.54, 1.807) is 0 Å². The second kappa shape index (κ2) is 6.05. The van der Waals surface area contributed by atoms with Crippen molar-refractivity contribution < 1.29 is 0 Å². The van der Waals surface area contributed by atoms with Crippen LogP contribution in [0.1, 0.15) is 56.6 Å². The monoisotopic (exact) mass is 217 g/mol. The normalized spacial score (nSPS) is 20.3. The summed E-state index contributed by atoms with van der Waals surface area (Å²) in [5.41, 5.74) is 7.57. The quantitative estimate of drug-likeness (QED) is 0.759. The third-order valence-corrected chi connectivity index (χ3v) is 3.79. The molecule has 2 rings (SSSR count). The molecule has 0 amide bonds. The molecule has 0 aliphatic heterocycles. The molecule has 1 aliphatic rings. The summed E-state index contributed by atoms with van der Waals surface area (Å²) >= 11 is 0. The van der Waals surface area contributed by atoms with E-state index in [9.17, 15) is 0 Å². The first-order valence-corrected chi connectivity index (χ1v) is 6.67. The van der Waals surface area contributed by atoms with Gasteiger partial charge in [-0.05, 0) is 17.9 Å². The molecule has 1 aliphatic carbocycles. The Morgan fingerprint density at radius 1 is 1.00 bits per heavy atom. The summed E-state index contributed by atoms with van der Waals surface area (Å²) < 4.78 is 0. The largest absolute Gasteiger partial charge is 0.324 e. The van der Waals surface area contributed by atoms with Gasteiger partial charge in [0.15, 0.2) is 0 Å². The molecule has 0 radical (unpaired) electrons. The van der Waals surface area contributed by atoms with Crippen LogP contribution in [0.15, 0.2) is 30.3 Å². The molecule has 0 bridgehead atoms. The Morgan fingerprint density at radius 3 is 2.25 bits per heavy atom. The van der Waals surface area contributed by atoms with Crippen molar-refractivity contribution in [3.8, 4) is 0 Å². The minimum Gasteiger partial charge on any atom is -0.324 e. The van der Waals surface area contributed by atoms with Crippen LogP contribution in [0, 0.1) is 5.92 Å². The number of hydrogen-bond acceptors (Lipinski definition) is 1. The second-order valence-electron chi connectivity index (χ2n) is 5.11. The van der Waals surface area contributed by atoms with Gasteiger partial charge in [0, 0.05) is 6.04 Å². The van der Waals surface area contributed by atoms with E-state index < -0.39 is 0 Å². The number of rotatable bonds is 3. The number of hydrogen-bond donors (Lipinski definition) is 1. The van der Waals surface area contributed by atoms with Gasteiger partial charge in [-0.15, -0.1) is 0 Å². The van der Waals surface area contributed by atoms with Gasteiger partial charge in [-0.3, -0.25) is 0 Å². The molecule has 1 unspecified atom stereocenters. The molecule has 16 heavy (non-hydrogen) atoms. The zero-order valence-corrected chi connectivity index (χ0v) is 10.1. The van der Waals surface area contributed by atoms with Crippen molar-refractivity contribution in [2.24, 2.45) is 11.7 Å². The van der Waals surface area contributed by atoms with Gasteiger partial charge in [-0.25, -0.2) is 0 Å². The lowest BCUT2D eigenvalue weighted by molar-refractivity contribution is 0.393. The summed E-state index contributed by atoms with van der Waals surface area (Å²) in [5, 5.41) is 0. The maximum Gasteiger partial charge on any atom is 0.0297 e. The van der Waals surface area contributed by atoms with Crippen LogP contribution in [0.5, 0.6) is 0 Å². The summed E-state index contributed by atoms with van der Waals surface area (Å²) in [6.45, 7) is 0. The highest BCUT2D eigenvalue weighted by molar-refractivity contribution is 5.18. The average Bonchev–Trinajstić information content (AvgIpc) is 2.59. The van der Waals surface area contributed by atoms with Gasteiger partial charge in [0.25, 0.3) is 0 Å². The maximum absolute atomic E-state index is 6.28. The molecule has 0 spiro atoms.